The van der Waals surface area contributed by atoms with Gasteiger partial charge in [-0.1, -0.05) is 0 Å². The molecule has 0 unspecified atom stereocenters. The first-order valence-corrected chi connectivity index (χ1v) is 7.69. The summed E-state index contributed by atoms with van der Waals surface area (Å²) in [6.45, 7) is -0.636. The fraction of sp³-hybridized carbons (Fsp3) is 0.562. The maximum atomic E-state index is 12.4. The van der Waals surface area contributed by atoms with Crippen molar-refractivity contribution >= 4 is 5.97 Å². The highest BCUT2D eigenvalue weighted by Crippen LogP contribution is 2.38. The van der Waals surface area contributed by atoms with Crippen LogP contribution >= 0.6 is 0 Å². The summed E-state index contributed by atoms with van der Waals surface area (Å²) in [5.74, 6) is -0.201. The fourth-order valence-corrected chi connectivity index (χ4v) is 2.54. The van der Waals surface area contributed by atoms with Gasteiger partial charge in [0.1, 0.15) is 24.4 Å². The average molecular weight is 374 g/mol. The van der Waals surface area contributed by atoms with Gasteiger partial charge in [-0.05, 0) is 12.1 Å². The van der Waals surface area contributed by atoms with Gasteiger partial charge in [-0.2, -0.15) is 0 Å². The maximum absolute atomic E-state index is 12.4. The second-order valence-electron chi connectivity index (χ2n) is 5.52. The van der Waals surface area contributed by atoms with Crippen molar-refractivity contribution in [3.63, 3.8) is 0 Å². The first-order valence-electron chi connectivity index (χ1n) is 7.69. The van der Waals surface area contributed by atoms with Crippen molar-refractivity contribution in [2.24, 2.45) is 0 Å². The second-order valence-corrected chi connectivity index (χ2v) is 5.52. The Morgan fingerprint density at radius 2 is 1.58 bits per heavy atom. The molecular formula is C16H22O10. The number of hydrogen-bond acceptors (Lipinski definition) is 10. The number of esters is 1. The van der Waals surface area contributed by atoms with Gasteiger partial charge in [-0.3, -0.25) is 0 Å². The van der Waals surface area contributed by atoms with Crippen LogP contribution in [-0.2, 0) is 9.47 Å². The number of aliphatic hydroxyl groups excluding tert-OH is 4. The molecule has 1 heterocycles. The number of rotatable bonds is 6. The molecule has 1 aliphatic heterocycles. The Morgan fingerprint density at radius 1 is 1.00 bits per heavy atom. The van der Waals surface area contributed by atoms with Crippen molar-refractivity contribution < 1.29 is 48.9 Å². The summed E-state index contributed by atoms with van der Waals surface area (Å²) in [5.41, 5.74) is 0.0106. The summed E-state index contributed by atoms with van der Waals surface area (Å²) in [6.07, 6.45) is -7.67. The first kappa shape index (κ1) is 20.2. The third-order valence-corrected chi connectivity index (χ3v) is 3.97. The van der Waals surface area contributed by atoms with Gasteiger partial charge in [-0.15, -0.1) is 0 Å². The SMILES string of the molecule is COc1cc(C(=O)O[C@@H]2O[C@H](CO)[C@@H](O)[C@H](O)[C@H]2O)cc(OC)c1OC. The van der Waals surface area contributed by atoms with Crippen LogP contribution < -0.4 is 14.2 Å². The van der Waals surface area contributed by atoms with Gasteiger partial charge < -0.3 is 44.1 Å². The van der Waals surface area contributed by atoms with E-state index in [2.05, 4.69) is 0 Å². The molecule has 0 saturated carbocycles. The van der Waals surface area contributed by atoms with E-state index in [-0.39, 0.29) is 22.8 Å². The van der Waals surface area contributed by atoms with E-state index in [1.807, 2.05) is 0 Å². The number of hydrogen-bond donors (Lipinski definition) is 4. The van der Waals surface area contributed by atoms with Crippen LogP contribution in [0.3, 0.4) is 0 Å². The zero-order valence-corrected chi connectivity index (χ0v) is 14.5. The summed E-state index contributed by atoms with van der Waals surface area (Å²) < 4.78 is 25.7. The normalized spacial score (nSPS) is 28.3. The summed E-state index contributed by atoms with van der Waals surface area (Å²) in [4.78, 5) is 12.4. The Labute approximate surface area is 149 Å². The van der Waals surface area contributed by atoms with Crippen molar-refractivity contribution in [1.82, 2.24) is 0 Å². The summed E-state index contributed by atoms with van der Waals surface area (Å²) in [6, 6.07) is 2.68. The third kappa shape index (κ3) is 3.84. The van der Waals surface area contributed by atoms with Gasteiger partial charge in [0.05, 0.1) is 33.5 Å². The molecule has 2 rings (SSSR count). The number of carbonyl (C=O) groups excluding carboxylic acids is 1. The predicted molar refractivity (Wildman–Crippen MR) is 85.3 cm³/mol. The van der Waals surface area contributed by atoms with Gasteiger partial charge in [0.2, 0.25) is 12.0 Å². The Bertz CT molecular complexity index is 606. The van der Waals surface area contributed by atoms with E-state index in [0.29, 0.717) is 0 Å². The third-order valence-electron chi connectivity index (χ3n) is 3.97. The van der Waals surface area contributed by atoms with Crippen LogP contribution in [0.1, 0.15) is 10.4 Å². The van der Waals surface area contributed by atoms with Crippen LogP contribution in [0.4, 0.5) is 0 Å². The molecule has 0 radical (unpaired) electrons. The van der Waals surface area contributed by atoms with Gasteiger partial charge in [0, 0.05) is 0 Å². The van der Waals surface area contributed by atoms with Crippen LogP contribution in [0, 0.1) is 0 Å². The molecule has 10 heteroatoms. The molecule has 0 spiro atoms. The Hall–Kier alpha value is -2.11. The minimum absolute atomic E-state index is 0.0106. The summed E-state index contributed by atoms with van der Waals surface area (Å²) in [7, 11) is 4.17. The van der Waals surface area contributed by atoms with E-state index >= 15 is 0 Å². The van der Waals surface area contributed by atoms with E-state index in [4.69, 9.17) is 28.8 Å². The van der Waals surface area contributed by atoms with Crippen LogP contribution in [0.5, 0.6) is 17.2 Å². The van der Waals surface area contributed by atoms with Gasteiger partial charge >= 0.3 is 5.97 Å². The molecule has 5 atom stereocenters. The highest BCUT2D eigenvalue weighted by atomic mass is 16.7. The lowest BCUT2D eigenvalue weighted by molar-refractivity contribution is -0.285. The summed E-state index contributed by atoms with van der Waals surface area (Å²) >= 11 is 0. The van der Waals surface area contributed by atoms with Crippen molar-refractivity contribution in [2.45, 2.75) is 30.7 Å². The number of methoxy groups -OCH3 is 3. The molecule has 1 fully saturated rings. The minimum Gasteiger partial charge on any atom is -0.493 e. The minimum atomic E-state index is -1.70. The van der Waals surface area contributed by atoms with E-state index in [9.17, 15) is 20.1 Å². The molecule has 0 amide bonds. The fourth-order valence-electron chi connectivity index (χ4n) is 2.54. The molecule has 0 aliphatic carbocycles. The van der Waals surface area contributed by atoms with Gasteiger partial charge in [0.25, 0.3) is 0 Å². The Morgan fingerprint density at radius 3 is 2.04 bits per heavy atom. The standard InChI is InChI=1S/C16H22O10/c1-22-8-4-7(5-9(23-2)14(8)24-3)15(21)26-16-13(20)12(19)11(18)10(6-17)25-16/h4-5,10-13,16-20H,6H2,1-3H3/t10-,11-,12+,13-,16+/m1/s1. The zero-order chi connectivity index (χ0) is 19.4. The highest BCUT2D eigenvalue weighted by molar-refractivity contribution is 5.91. The monoisotopic (exact) mass is 374 g/mol. The molecule has 4 N–H and O–H groups in total. The second kappa shape index (κ2) is 8.52. The van der Waals surface area contributed by atoms with Gasteiger partial charge in [-0.25, -0.2) is 4.79 Å². The van der Waals surface area contributed by atoms with Crippen LogP contribution in [0.15, 0.2) is 12.1 Å². The molecule has 1 aliphatic rings. The average Bonchev–Trinajstić information content (AvgIpc) is 2.66. The topological polar surface area (TPSA) is 144 Å². The molecule has 0 aromatic heterocycles. The molecular weight excluding hydrogens is 352 g/mol. The predicted octanol–water partition coefficient (Wildman–Crippen LogP) is -1.33. The number of benzene rings is 1. The lowest BCUT2D eigenvalue weighted by Crippen LogP contribution is -2.59. The number of aliphatic hydroxyl groups is 4. The Kier molecular flexibility index (Phi) is 6.62. The van der Waals surface area contributed by atoms with Gasteiger partial charge in [0.15, 0.2) is 11.5 Å². The van der Waals surface area contributed by atoms with E-state index in [1.165, 1.54) is 33.5 Å². The first-order chi connectivity index (χ1) is 12.4. The quantitative estimate of drug-likeness (QED) is 0.442. The smallest absolute Gasteiger partial charge is 0.340 e. The van der Waals surface area contributed by atoms with E-state index < -0.39 is 43.3 Å². The van der Waals surface area contributed by atoms with E-state index in [0.717, 1.165) is 0 Å². The summed E-state index contributed by atoms with van der Waals surface area (Å²) in [5, 5.41) is 38.6. The molecule has 1 aromatic carbocycles. The number of ether oxygens (including phenoxy) is 5. The van der Waals surface area contributed by atoms with Crippen LogP contribution in [0.25, 0.3) is 0 Å². The highest BCUT2D eigenvalue weighted by Gasteiger charge is 2.45. The molecule has 1 aromatic rings. The largest absolute Gasteiger partial charge is 0.493 e. The lowest BCUT2D eigenvalue weighted by Gasteiger charge is -2.39. The van der Waals surface area contributed by atoms with Crippen LogP contribution in [0.2, 0.25) is 0 Å². The number of carbonyl (C=O) groups is 1. The zero-order valence-electron chi connectivity index (χ0n) is 14.5. The maximum Gasteiger partial charge on any atom is 0.340 e. The molecule has 146 valence electrons. The molecule has 0 bridgehead atoms. The lowest BCUT2D eigenvalue weighted by atomic mass is 9.99. The van der Waals surface area contributed by atoms with E-state index in [1.54, 1.807) is 0 Å². The molecule has 1 saturated heterocycles. The van der Waals surface area contributed by atoms with Crippen molar-refractivity contribution in [2.75, 3.05) is 27.9 Å². The van der Waals surface area contributed by atoms with Crippen molar-refractivity contribution in [3.8, 4) is 17.2 Å². The van der Waals surface area contributed by atoms with Crippen molar-refractivity contribution in [1.29, 1.82) is 0 Å². The van der Waals surface area contributed by atoms with Crippen molar-refractivity contribution in [3.05, 3.63) is 17.7 Å². The van der Waals surface area contributed by atoms with Crippen LogP contribution in [-0.4, -0.2) is 85.0 Å². The Balaban J connectivity index is 2.24. The molecule has 10 nitrogen and oxygen atoms in total. The molecule has 26 heavy (non-hydrogen) atoms.